The van der Waals surface area contributed by atoms with Crippen LogP contribution < -0.4 is 11.1 Å². The molecule has 1 aliphatic heterocycles. The van der Waals surface area contributed by atoms with E-state index < -0.39 is 11.8 Å². The van der Waals surface area contributed by atoms with E-state index in [1.54, 1.807) is 4.90 Å². The van der Waals surface area contributed by atoms with Crippen LogP contribution >= 0.6 is 0 Å². The van der Waals surface area contributed by atoms with Crippen molar-refractivity contribution in [2.24, 2.45) is 5.73 Å². The van der Waals surface area contributed by atoms with Crippen LogP contribution in [0, 0.1) is 0 Å². The Morgan fingerprint density at radius 3 is 2.38 bits per heavy atom. The molecule has 2 atom stereocenters. The van der Waals surface area contributed by atoms with E-state index >= 15 is 0 Å². The Hall–Kier alpha value is -1.10. The van der Waals surface area contributed by atoms with Crippen molar-refractivity contribution in [3.63, 3.8) is 0 Å². The number of nitrogens with two attached hydrogens (primary N) is 1. The van der Waals surface area contributed by atoms with Crippen LogP contribution in [0.4, 0.5) is 0 Å². The highest BCUT2D eigenvalue weighted by Crippen LogP contribution is 2.22. The molecule has 0 spiro atoms. The second kappa shape index (κ2) is 5.84. The predicted octanol–water partition coefficient (Wildman–Crippen LogP) is -0.149. The summed E-state index contributed by atoms with van der Waals surface area (Å²) in [4.78, 5) is 25.1. The number of hydrogen-bond donors (Lipinski definition) is 2. The Bertz CT molecular complexity index is 258. The number of likely N-dealkylation sites (tertiary alicyclic amines) is 1. The summed E-state index contributed by atoms with van der Waals surface area (Å²) in [6, 6.07) is 0.305. The van der Waals surface area contributed by atoms with Crippen LogP contribution in [0.1, 0.15) is 33.1 Å². The fourth-order valence-electron chi connectivity index (χ4n) is 2.20. The number of nitrogens with zero attached hydrogens (tertiary/aromatic N) is 1. The van der Waals surface area contributed by atoms with Gasteiger partial charge < -0.3 is 16.0 Å². The van der Waals surface area contributed by atoms with Gasteiger partial charge in [0.1, 0.15) is 0 Å². The summed E-state index contributed by atoms with van der Waals surface area (Å²) < 4.78 is 0. The largest absolute Gasteiger partial charge is 0.347 e. The molecule has 5 heteroatoms. The number of amides is 2. The van der Waals surface area contributed by atoms with Crippen molar-refractivity contribution in [3.05, 3.63) is 0 Å². The second-order valence-corrected chi connectivity index (χ2v) is 4.39. The van der Waals surface area contributed by atoms with Gasteiger partial charge in [0.15, 0.2) is 0 Å². The minimum atomic E-state index is -0.536. The molecular formula is C11H21N3O2. The van der Waals surface area contributed by atoms with Crippen molar-refractivity contribution in [3.8, 4) is 0 Å². The van der Waals surface area contributed by atoms with Crippen LogP contribution in [-0.4, -0.2) is 41.9 Å². The van der Waals surface area contributed by atoms with Gasteiger partial charge in [0, 0.05) is 25.2 Å². The minimum absolute atomic E-state index is 0.153. The summed E-state index contributed by atoms with van der Waals surface area (Å²) in [7, 11) is 0. The maximum absolute atomic E-state index is 11.9. The molecule has 2 amide bonds. The monoisotopic (exact) mass is 227 g/mol. The maximum Gasteiger partial charge on any atom is 0.312 e. The first kappa shape index (κ1) is 13.0. The van der Waals surface area contributed by atoms with Gasteiger partial charge in [-0.25, -0.2) is 0 Å². The van der Waals surface area contributed by atoms with E-state index in [9.17, 15) is 9.59 Å². The van der Waals surface area contributed by atoms with E-state index in [4.69, 9.17) is 5.73 Å². The molecule has 1 saturated heterocycles. The van der Waals surface area contributed by atoms with E-state index in [0.717, 1.165) is 19.3 Å². The topological polar surface area (TPSA) is 75.4 Å². The lowest BCUT2D eigenvalue weighted by molar-refractivity contribution is -0.150. The van der Waals surface area contributed by atoms with Crippen LogP contribution in [-0.2, 0) is 9.59 Å². The first-order valence-electron chi connectivity index (χ1n) is 5.88. The maximum atomic E-state index is 11.9. The lowest BCUT2D eigenvalue weighted by Gasteiger charge is -2.38. The Morgan fingerprint density at radius 1 is 1.31 bits per heavy atom. The fraction of sp³-hybridized carbons (Fsp3) is 0.818. The number of rotatable bonds is 2. The fourth-order valence-corrected chi connectivity index (χ4v) is 2.20. The van der Waals surface area contributed by atoms with Gasteiger partial charge in [0.25, 0.3) is 0 Å². The molecule has 2 unspecified atom stereocenters. The molecule has 0 radical (unpaired) electrons. The van der Waals surface area contributed by atoms with Gasteiger partial charge in [-0.1, -0.05) is 0 Å². The van der Waals surface area contributed by atoms with Crippen molar-refractivity contribution in [2.45, 2.75) is 45.2 Å². The molecule has 0 aromatic heterocycles. The Balaban J connectivity index is 2.59. The molecular weight excluding hydrogens is 206 g/mol. The number of nitrogens with one attached hydrogen (secondary N) is 1. The molecule has 1 aliphatic rings. The van der Waals surface area contributed by atoms with Gasteiger partial charge in [-0.05, 0) is 33.1 Å². The highest BCUT2D eigenvalue weighted by molar-refractivity contribution is 6.35. The molecule has 1 fully saturated rings. The van der Waals surface area contributed by atoms with Gasteiger partial charge in [-0.3, -0.25) is 9.59 Å². The molecule has 1 heterocycles. The molecule has 92 valence electrons. The first-order valence-corrected chi connectivity index (χ1v) is 5.88. The number of carbonyl (C=O) groups is 2. The van der Waals surface area contributed by atoms with Crippen LogP contribution in [0.2, 0.25) is 0 Å². The van der Waals surface area contributed by atoms with E-state index in [2.05, 4.69) is 5.32 Å². The lowest BCUT2D eigenvalue weighted by atomic mass is 9.97. The summed E-state index contributed by atoms with van der Waals surface area (Å²) >= 11 is 0. The molecule has 0 aromatic carbocycles. The second-order valence-electron chi connectivity index (χ2n) is 4.39. The highest BCUT2D eigenvalue weighted by atomic mass is 16.2. The van der Waals surface area contributed by atoms with Gasteiger partial charge in [-0.2, -0.15) is 0 Å². The summed E-state index contributed by atoms with van der Waals surface area (Å²) in [5, 5.41) is 2.52. The Morgan fingerprint density at radius 2 is 1.88 bits per heavy atom. The predicted molar refractivity (Wildman–Crippen MR) is 61.7 cm³/mol. The molecule has 1 rings (SSSR count). The third-order valence-corrected chi connectivity index (χ3v) is 3.05. The highest BCUT2D eigenvalue weighted by Gasteiger charge is 2.32. The zero-order valence-corrected chi connectivity index (χ0v) is 10.0. The summed E-state index contributed by atoms with van der Waals surface area (Å²) in [5.74, 6) is -0.959. The molecule has 3 N–H and O–H groups in total. The molecule has 16 heavy (non-hydrogen) atoms. The number of piperidine rings is 1. The molecule has 0 aliphatic carbocycles. The smallest absolute Gasteiger partial charge is 0.312 e. The molecule has 0 saturated carbocycles. The number of carbonyl (C=O) groups excluding carboxylic acids is 2. The van der Waals surface area contributed by atoms with E-state index in [1.807, 2.05) is 13.8 Å². The van der Waals surface area contributed by atoms with Crippen molar-refractivity contribution in [2.75, 3.05) is 13.1 Å². The van der Waals surface area contributed by atoms with Crippen LogP contribution in [0.5, 0.6) is 0 Å². The van der Waals surface area contributed by atoms with Crippen molar-refractivity contribution in [1.29, 1.82) is 0 Å². The van der Waals surface area contributed by atoms with Crippen molar-refractivity contribution in [1.82, 2.24) is 10.2 Å². The zero-order valence-electron chi connectivity index (χ0n) is 10.0. The average Bonchev–Trinajstić information content (AvgIpc) is 2.25. The van der Waals surface area contributed by atoms with E-state index in [-0.39, 0.29) is 12.1 Å². The minimum Gasteiger partial charge on any atom is -0.347 e. The third-order valence-electron chi connectivity index (χ3n) is 3.05. The quantitative estimate of drug-likeness (QED) is 0.644. The molecule has 0 aromatic rings. The molecule has 5 nitrogen and oxygen atoms in total. The summed E-state index contributed by atoms with van der Waals surface area (Å²) in [5.41, 5.74) is 5.27. The zero-order chi connectivity index (χ0) is 12.1. The summed E-state index contributed by atoms with van der Waals surface area (Å²) in [6.07, 6.45) is 3.07. The van der Waals surface area contributed by atoms with Crippen LogP contribution in [0.25, 0.3) is 0 Å². The Labute approximate surface area is 96.4 Å². The third kappa shape index (κ3) is 2.95. The van der Waals surface area contributed by atoms with Crippen LogP contribution in [0.3, 0.4) is 0 Å². The van der Waals surface area contributed by atoms with Crippen LogP contribution in [0.15, 0.2) is 0 Å². The van der Waals surface area contributed by atoms with E-state index in [1.165, 1.54) is 0 Å². The SMILES string of the molecule is CC1CCCC(C)N1C(=O)C(=O)NCCN. The normalized spacial score (nSPS) is 25.3. The average molecular weight is 227 g/mol. The first-order chi connectivity index (χ1) is 7.57. The van der Waals surface area contributed by atoms with Crippen molar-refractivity contribution < 1.29 is 9.59 Å². The summed E-state index contributed by atoms with van der Waals surface area (Å²) in [6.45, 7) is 4.68. The Kier molecular flexibility index (Phi) is 4.73. The molecule has 0 bridgehead atoms. The van der Waals surface area contributed by atoms with Gasteiger partial charge in [0.2, 0.25) is 0 Å². The van der Waals surface area contributed by atoms with Gasteiger partial charge in [-0.15, -0.1) is 0 Å². The lowest BCUT2D eigenvalue weighted by Crippen LogP contribution is -2.53. The number of hydrogen-bond acceptors (Lipinski definition) is 3. The standard InChI is InChI=1S/C11H21N3O2/c1-8-4-3-5-9(2)14(8)11(16)10(15)13-7-6-12/h8-9H,3-7,12H2,1-2H3,(H,13,15). The van der Waals surface area contributed by atoms with Gasteiger partial charge >= 0.3 is 11.8 Å². The van der Waals surface area contributed by atoms with Crippen molar-refractivity contribution >= 4 is 11.8 Å². The van der Waals surface area contributed by atoms with E-state index in [0.29, 0.717) is 13.1 Å². The van der Waals surface area contributed by atoms with Gasteiger partial charge in [0.05, 0.1) is 0 Å².